The lowest BCUT2D eigenvalue weighted by molar-refractivity contribution is 0.0597. The van der Waals surface area contributed by atoms with E-state index in [1.54, 1.807) is 48.5 Å². The number of esters is 1. The van der Waals surface area contributed by atoms with Crippen LogP contribution in [0.2, 0.25) is 5.02 Å². The molecule has 3 aromatic rings. The molecule has 0 saturated heterocycles. The number of nitrogens with zero attached hydrogens (tertiary/aromatic N) is 1. The normalized spacial score (nSPS) is 12.8. The molecule has 168 valence electrons. The Morgan fingerprint density at radius 1 is 1.16 bits per heavy atom. The van der Waals surface area contributed by atoms with E-state index >= 15 is 0 Å². The number of aliphatic hydroxyl groups excluding tert-OH is 2. The summed E-state index contributed by atoms with van der Waals surface area (Å²) in [5.41, 5.74) is 1.92. The highest BCUT2D eigenvalue weighted by atomic mass is 35.5. The molecule has 0 aliphatic rings. The maximum Gasteiger partial charge on any atom is 0.343 e. The number of hydrogen-bond acceptors (Lipinski definition) is 7. The number of methoxy groups -OCH3 is 1. The van der Waals surface area contributed by atoms with Gasteiger partial charge in [-0.2, -0.15) is 0 Å². The van der Waals surface area contributed by atoms with Crippen molar-refractivity contribution in [3.8, 4) is 11.6 Å². The second-order valence-corrected chi connectivity index (χ2v) is 7.59. The zero-order chi connectivity index (χ0) is 22.9. The van der Waals surface area contributed by atoms with E-state index in [2.05, 4.69) is 10.3 Å². The van der Waals surface area contributed by atoms with Crippen LogP contribution in [0.4, 0.5) is 0 Å². The number of benzene rings is 2. The highest BCUT2D eigenvalue weighted by molar-refractivity contribution is 6.30. The summed E-state index contributed by atoms with van der Waals surface area (Å²) in [6.07, 6.45) is 1.35. The van der Waals surface area contributed by atoms with Gasteiger partial charge in [-0.05, 0) is 53.9 Å². The Balaban J connectivity index is 1.58. The van der Waals surface area contributed by atoms with Gasteiger partial charge < -0.3 is 25.0 Å². The van der Waals surface area contributed by atoms with Gasteiger partial charge in [0.25, 0.3) is 0 Å². The summed E-state index contributed by atoms with van der Waals surface area (Å²) in [6, 6.07) is 17.3. The number of hydrogen-bond donors (Lipinski definition) is 3. The van der Waals surface area contributed by atoms with Gasteiger partial charge in [-0.3, -0.25) is 0 Å². The van der Waals surface area contributed by atoms with Crippen LogP contribution in [0.15, 0.2) is 66.9 Å². The molecule has 0 fully saturated rings. The van der Waals surface area contributed by atoms with Crippen molar-refractivity contribution in [3.05, 3.63) is 88.6 Å². The first kappa shape index (κ1) is 23.7. The third-order valence-corrected chi connectivity index (χ3v) is 5.09. The SMILES string of the molecule is COC(=O)c1cccnc1Oc1ccc(C[C@@H](CO)NC[C@H](O)c2cccc(Cl)c2)cc1. The van der Waals surface area contributed by atoms with Crippen molar-refractivity contribution in [2.45, 2.75) is 18.6 Å². The highest BCUT2D eigenvalue weighted by Gasteiger charge is 2.15. The number of carbonyl (C=O) groups excluding carboxylic acids is 1. The van der Waals surface area contributed by atoms with E-state index in [1.165, 1.54) is 13.3 Å². The Hall–Kier alpha value is -2.97. The van der Waals surface area contributed by atoms with E-state index in [0.29, 0.717) is 22.8 Å². The number of halogens is 1. The quantitative estimate of drug-likeness (QED) is 0.401. The minimum atomic E-state index is -0.735. The molecule has 0 unspecified atom stereocenters. The number of nitrogens with one attached hydrogen (secondary N) is 1. The molecule has 32 heavy (non-hydrogen) atoms. The van der Waals surface area contributed by atoms with Crippen LogP contribution in [-0.4, -0.2) is 47.5 Å². The van der Waals surface area contributed by atoms with Crippen molar-refractivity contribution in [1.29, 1.82) is 0 Å². The molecule has 0 aliphatic carbocycles. The van der Waals surface area contributed by atoms with Crippen LogP contribution in [0.25, 0.3) is 0 Å². The van der Waals surface area contributed by atoms with Crippen molar-refractivity contribution in [2.75, 3.05) is 20.3 Å². The molecule has 0 radical (unpaired) electrons. The van der Waals surface area contributed by atoms with Gasteiger partial charge in [0.15, 0.2) is 0 Å². The Kier molecular flexibility index (Phi) is 8.58. The molecule has 0 bridgehead atoms. The van der Waals surface area contributed by atoms with Crippen molar-refractivity contribution in [3.63, 3.8) is 0 Å². The highest BCUT2D eigenvalue weighted by Crippen LogP contribution is 2.24. The lowest BCUT2D eigenvalue weighted by Crippen LogP contribution is -2.37. The number of aromatic nitrogens is 1. The topological polar surface area (TPSA) is 101 Å². The number of ether oxygens (including phenoxy) is 2. The second-order valence-electron chi connectivity index (χ2n) is 7.16. The first-order valence-electron chi connectivity index (χ1n) is 10.1. The van der Waals surface area contributed by atoms with Gasteiger partial charge in [0, 0.05) is 23.8 Å². The van der Waals surface area contributed by atoms with Gasteiger partial charge in [-0.15, -0.1) is 0 Å². The van der Waals surface area contributed by atoms with Crippen LogP contribution in [0.3, 0.4) is 0 Å². The zero-order valence-corrected chi connectivity index (χ0v) is 18.3. The lowest BCUT2D eigenvalue weighted by atomic mass is 10.1. The summed E-state index contributed by atoms with van der Waals surface area (Å²) >= 11 is 5.97. The molecule has 2 atom stereocenters. The fraction of sp³-hybridized carbons (Fsp3) is 0.250. The van der Waals surface area contributed by atoms with Crippen LogP contribution in [-0.2, 0) is 11.2 Å². The molecular formula is C24H25ClN2O5. The minimum Gasteiger partial charge on any atom is -0.465 e. The predicted octanol–water partition coefficient (Wildman–Crippen LogP) is 3.54. The molecule has 0 aliphatic heterocycles. The average molecular weight is 457 g/mol. The Morgan fingerprint density at radius 2 is 1.94 bits per heavy atom. The van der Waals surface area contributed by atoms with E-state index in [9.17, 15) is 15.0 Å². The zero-order valence-electron chi connectivity index (χ0n) is 17.6. The fourth-order valence-electron chi connectivity index (χ4n) is 3.14. The molecular weight excluding hydrogens is 432 g/mol. The van der Waals surface area contributed by atoms with Gasteiger partial charge >= 0.3 is 5.97 Å². The summed E-state index contributed by atoms with van der Waals surface area (Å²) in [6.45, 7) is 0.194. The number of rotatable bonds is 10. The average Bonchev–Trinajstić information content (AvgIpc) is 2.82. The van der Waals surface area contributed by atoms with Crippen LogP contribution >= 0.6 is 11.6 Å². The molecule has 1 heterocycles. The van der Waals surface area contributed by atoms with Crippen molar-refractivity contribution >= 4 is 17.6 Å². The van der Waals surface area contributed by atoms with E-state index in [-0.39, 0.29) is 30.6 Å². The Morgan fingerprint density at radius 3 is 2.62 bits per heavy atom. The summed E-state index contributed by atoms with van der Waals surface area (Å²) in [7, 11) is 1.30. The molecule has 0 saturated carbocycles. The minimum absolute atomic E-state index is 0.0864. The molecule has 0 amide bonds. The summed E-state index contributed by atoms with van der Waals surface area (Å²) in [5, 5.41) is 23.8. The van der Waals surface area contributed by atoms with Gasteiger partial charge in [0.1, 0.15) is 11.3 Å². The van der Waals surface area contributed by atoms with Crippen LogP contribution in [0.1, 0.15) is 27.6 Å². The first-order valence-corrected chi connectivity index (χ1v) is 10.5. The van der Waals surface area contributed by atoms with Gasteiger partial charge in [0.2, 0.25) is 5.88 Å². The third kappa shape index (κ3) is 6.51. The molecule has 3 N–H and O–H groups in total. The summed E-state index contributed by atoms with van der Waals surface area (Å²) in [5.74, 6) is 0.154. The largest absolute Gasteiger partial charge is 0.465 e. The maximum atomic E-state index is 11.9. The van der Waals surface area contributed by atoms with Gasteiger partial charge in [-0.25, -0.2) is 9.78 Å². The number of pyridine rings is 1. The first-order chi connectivity index (χ1) is 15.5. The molecule has 2 aromatic carbocycles. The van der Waals surface area contributed by atoms with Crippen LogP contribution in [0, 0.1) is 0 Å². The molecule has 8 heteroatoms. The van der Waals surface area contributed by atoms with Gasteiger partial charge in [0.05, 0.1) is 19.8 Å². The van der Waals surface area contributed by atoms with Crippen LogP contribution < -0.4 is 10.1 Å². The summed E-state index contributed by atoms with van der Waals surface area (Å²) in [4.78, 5) is 16.0. The third-order valence-electron chi connectivity index (χ3n) is 4.85. The van der Waals surface area contributed by atoms with Gasteiger partial charge in [-0.1, -0.05) is 35.9 Å². The molecule has 1 aromatic heterocycles. The summed E-state index contributed by atoms with van der Waals surface area (Å²) < 4.78 is 10.5. The van der Waals surface area contributed by atoms with Crippen LogP contribution in [0.5, 0.6) is 11.6 Å². The van der Waals surface area contributed by atoms with Crippen molar-refractivity contribution < 1.29 is 24.5 Å². The smallest absolute Gasteiger partial charge is 0.343 e. The fourth-order valence-corrected chi connectivity index (χ4v) is 3.34. The van der Waals surface area contributed by atoms with Crippen molar-refractivity contribution in [2.24, 2.45) is 0 Å². The lowest BCUT2D eigenvalue weighted by Gasteiger charge is -2.19. The predicted molar refractivity (Wildman–Crippen MR) is 121 cm³/mol. The molecule has 0 spiro atoms. The Labute approximate surface area is 191 Å². The number of aliphatic hydroxyl groups is 2. The van der Waals surface area contributed by atoms with E-state index < -0.39 is 12.1 Å². The standard InChI is InChI=1S/C24H25ClN2O5/c1-31-24(30)21-6-3-11-26-23(21)32-20-9-7-16(8-10-20)12-19(15-28)27-14-22(29)17-4-2-5-18(25)13-17/h2-11,13,19,22,27-29H,12,14-15H2,1H3/t19-,22-/m0/s1. The Bertz CT molecular complexity index is 1030. The van der Waals surface area contributed by atoms with E-state index in [4.69, 9.17) is 21.1 Å². The molecule has 3 rings (SSSR count). The maximum absolute atomic E-state index is 11.9. The number of carbonyl (C=O) groups is 1. The second kappa shape index (κ2) is 11.6. The van der Waals surface area contributed by atoms with E-state index in [1.807, 2.05) is 12.1 Å². The van der Waals surface area contributed by atoms with Crippen molar-refractivity contribution in [1.82, 2.24) is 10.3 Å². The monoisotopic (exact) mass is 456 g/mol. The van der Waals surface area contributed by atoms with E-state index in [0.717, 1.165) is 5.56 Å². The molecule has 7 nitrogen and oxygen atoms in total.